The highest BCUT2D eigenvalue weighted by molar-refractivity contribution is 7.92. The van der Waals surface area contributed by atoms with Gasteiger partial charge in [0.2, 0.25) is 0 Å². The Hall–Kier alpha value is -2.40. The number of hydrogen-bond acceptors (Lipinski definition) is 3. The molecule has 0 saturated heterocycles. The monoisotopic (exact) mass is 314 g/mol. The summed E-state index contributed by atoms with van der Waals surface area (Å²) in [7, 11) is -3.62. The first-order chi connectivity index (χ1) is 10.5. The lowest BCUT2D eigenvalue weighted by molar-refractivity contribution is 0.601. The first kappa shape index (κ1) is 16.0. The Bertz CT molecular complexity index is 779. The zero-order valence-corrected chi connectivity index (χ0v) is 13.2. The molecule has 0 unspecified atom stereocenters. The summed E-state index contributed by atoms with van der Waals surface area (Å²) in [4.78, 5) is 4.39. The highest BCUT2D eigenvalue weighted by atomic mass is 32.2. The molecule has 0 amide bonds. The Labute approximate surface area is 131 Å². The van der Waals surface area contributed by atoms with E-state index in [0.717, 1.165) is 5.56 Å². The van der Waals surface area contributed by atoms with Crippen LogP contribution in [0.1, 0.15) is 11.1 Å². The van der Waals surface area contributed by atoms with Gasteiger partial charge in [0.15, 0.2) is 0 Å². The molecular weight excluding hydrogens is 296 g/mol. The van der Waals surface area contributed by atoms with Crippen LogP contribution >= 0.6 is 0 Å². The van der Waals surface area contributed by atoms with E-state index in [1.54, 1.807) is 54.8 Å². The standard InChI is InChI=1S/C17H18N2O2S/c1-3-12-18-13-15-6-4-5-7-17(15)19-22(20,21)16-10-8-14(2)9-11-16/h3-11,13,19H,1,12H2,2H3. The van der Waals surface area contributed by atoms with Crippen LogP contribution in [0.15, 0.2) is 71.1 Å². The second kappa shape index (κ2) is 7.04. The smallest absolute Gasteiger partial charge is 0.261 e. The molecule has 1 N–H and O–H groups in total. The maximum Gasteiger partial charge on any atom is 0.261 e. The van der Waals surface area contributed by atoms with Gasteiger partial charge in [-0.25, -0.2) is 8.42 Å². The molecule has 2 aromatic rings. The number of hydrogen-bond donors (Lipinski definition) is 1. The molecule has 2 aromatic carbocycles. The molecule has 0 atom stereocenters. The van der Waals surface area contributed by atoms with Gasteiger partial charge in [-0.2, -0.15) is 0 Å². The molecule has 0 fully saturated rings. The Balaban J connectivity index is 2.30. The molecule has 0 bridgehead atoms. The van der Waals surface area contributed by atoms with Gasteiger partial charge >= 0.3 is 0 Å². The number of para-hydroxylation sites is 1. The number of benzene rings is 2. The molecule has 0 aliphatic rings. The van der Waals surface area contributed by atoms with Crippen molar-refractivity contribution in [2.24, 2.45) is 4.99 Å². The minimum atomic E-state index is -3.62. The van der Waals surface area contributed by atoms with Crippen LogP contribution in [0.5, 0.6) is 0 Å². The first-order valence-corrected chi connectivity index (χ1v) is 8.30. The zero-order valence-electron chi connectivity index (χ0n) is 12.4. The zero-order chi connectivity index (χ0) is 16.0. The van der Waals surface area contributed by atoms with Crippen LogP contribution in [0.25, 0.3) is 0 Å². The van der Waals surface area contributed by atoms with Crippen LogP contribution in [0, 0.1) is 6.92 Å². The average Bonchev–Trinajstić information content (AvgIpc) is 2.49. The molecule has 5 heteroatoms. The number of aliphatic imine (C=N–C) groups is 1. The molecule has 0 saturated carbocycles. The third-order valence-corrected chi connectivity index (χ3v) is 4.38. The summed E-state index contributed by atoms with van der Waals surface area (Å²) in [5.41, 5.74) is 2.21. The van der Waals surface area contributed by atoms with Gasteiger partial charge in [0.1, 0.15) is 0 Å². The van der Waals surface area contributed by atoms with Crippen molar-refractivity contribution in [2.45, 2.75) is 11.8 Å². The third-order valence-electron chi connectivity index (χ3n) is 3.00. The van der Waals surface area contributed by atoms with E-state index in [2.05, 4.69) is 16.3 Å². The Morgan fingerprint density at radius 1 is 1.14 bits per heavy atom. The van der Waals surface area contributed by atoms with E-state index in [-0.39, 0.29) is 4.90 Å². The van der Waals surface area contributed by atoms with Crippen molar-refractivity contribution in [3.63, 3.8) is 0 Å². The van der Waals surface area contributed by atoms with Crippen LogP contribution < -0.4 is 4.72 Å². The van der Waals surface area contributed by atoms with Crippen LogP contribution in [0.3, 0.4) is 0 Å². The highest BCUT2D eigenvalue weighted by Crippen LogP contribution is 2.19. The highest BCUT2D eigenvalue weighted by Gasteiger charge is 2.15. The maximum absolute atomic E-state index is 12.4. The second-order valence-electron chi connectivity index (χ2n) is 4.79. The SMILES string of the molecule is C=CCN=Cc1ccccc1NS(=O)(=O)c1ccc(C)cc1. The first-order valence-electron chi connectivity index (χ1n) is 6.82. The number of aryl methyl sites for hydroxylation is 1. The third kappa shape index (κ3) is 4.05. The van der Waals surface area contributed by atoms with E-state index in [9.17, 15) is 8.42 Å². The van der Waals surface area contributed by atoms with Gasteiger partial charge in [-0.05, 0) is 25.1 Å². The summed E-state index contributed by atoms with van der Waals surface area (Å²) in [5.74, 6) is 0. The second-order valence-corrected chi connectivity index (χ2v) is 6.47. The van der Waals surface area contributed by atoms with Gasteiger partial charge in [0.25, 0.3) is 10.0 Å². The Morgan fingerprint density at radius 2 is 1.82 bits per heavy atom. The lowest BCUT2D eigenvalue weighted by Crippen LogP contribution is -2.14. The fraction of sp³-hybridized carbons (Fsp3) is 0.118. The lowest BCUT2D eigenvalue weighted by atomic mass is 10.2. The van der Waals surface area contributed by atoms with Crippen molar-refractivity contribution in [3.8, 4) is 0 Å². The summed E-state index contributed by atoms with van der Waals surface area (Å²) >= 11 is 0. The van der Waals surface area contributed by atoms with Gasteiger partial charge in [-0.3, -0.25) is 9.71 Å². The molecule has 114 valence electrons. The van der Waals surface area contributed by atoms with E-state index in [1.807, 2.05) is 13.0 Å². The molecule has 0 spiro atoms. The minimum Gasteiger partial charge on any atom is -0.288 e. The molecule has 0 aliphatic carbocycles. The van der Waals surface area contributed by atoms with Gasteiger partial charge in [-0.15, -0.1) is 6.58 Å². The van der Waals surface area contributed by atoms with E-state index in [1.165, 1.54) is 0 Å². The summed E-state index contributed by atoms with van der Waals surface area (Å²) in [6.45, 7) is 5.99. The molecule has 2 rings (SSSR count). The molecule has 0 aromatic heterocycles. The number of anilines is 1. The van der Waals surface area contributed by atoms with E-state index in [4.69, 9.17) is 0 Å². The lowest BCUT2D eigenvalue weighted by Gasteiger charge is -2.10. The predicted octanol–water partition coefficient (Wildman–Crippen LogP) is 3.40. The summed E-state index contributed by atoms with van der Waals surface area (Å²) in [6.07, 6.45) is 3.31. The topological polar surface area (TPSA) is 58.5 Å². The number of sulfonamides is 1. The van der Waals surface area contributed by atoms with Crippen molar-refractivity contribution in [1.29, 1.82) is 0 Å². The average molecular weight is 314 g/mol. The van der Waals surface area contributed by atoms with Crippen LogP contribution in [-0.4, -0.2) is 21.2 Å². The van der Waals surface area contributed by atoms with Gasteiger partial charge < -0.3 is 0 Å². The predicted molar refractivity (Wildman–Crippen MR) is 91.1 cm³/mol. The molecule has 0 radical (unpaired) electrons. The molecule has 0 heterocycles. The molecule has 0 aliphatic heterocycles. The van der Waals surface area contributed by atoms with Crippen LogP contribution in [0.4, 0.5) is 5.69 Å². The van der Waals surface area contributed by atoms with Crippen LogP contribution in [0.2, 0.25) is 0 Å². The Kier molecular flexibility index (Phi) is 5.12. The van der Waals surface area contributed by atoms with E-state index >= 15 is 0 Å². The summed E-state index contributed by atoms with van der Waals surface area (Å²) < 4.78 is 27.5. The quantitative estimate of drug-likeness (QED) is 0.656. The molecular formula is C17H18N2O2S. The van der Waals surface area contributed by atoms with Crippen molar-refractivity contribution in [3.05, 3.63) is 72.3 Å². The Morgan fingerprint density at radius 3 is 2.50 bits per heavy atom. The van der Waals surface area contributed by atoms with Crippen molar-refractivity contribution in [2.75, 3.05) is 11.3 Å². The number of nitrogens with one attached hydrogen (secondary N) is 1. The summed E-state index contributed by atoms with van der Waals surface area (Å²) in [6, 6.07) is 13.8. The van der Waals surface area contributed by atoms with Gasteiger partial charge in [-0.1, -0.05) is 42.0 Å². The summed E-state index contributed by atoms with van der Waals surface area (Å²) in [5, 5.41) is 0. The fourth-order valence-electron chi connectivity index (χ4n) is 1.85. The number of rotatable bonds is 6. The minimum absolute atomic E-state index is 0.232. The maximum atomic E-state index is 12.4. The van der Waals surface area contributed by atoms with E-state index in [0.29, 0.717) is 17.8 Å². The largest absolute Gasteiger partial charge is 0.288 e. The van der Waals surface area contributed by atoms with Crippen molar-refractivity contribution >= 4 is 21.9 Å². The van der Waals surface area contributed by atoms with Gasteiger partial charge in [0, 0.05) is 11.8 Å². The van der Waals surface area contributed by atoms with Crippen molar-refractivity contribution in [1.82, 2.24) is 0 Å². The fourth-order valence-corrected chi connectivity index (χ4v) is 2.94. The molecule has 22 heavy (non-hydrogen) atoms. The number of nitrogens with zero attached hydrogens (tertiary/aromatic N) is 1. The molecule has 4 nitrogen and oxygen atoms in total. The van der Waals surface area contributed by atoms with Crippen molar-refractivity contribution < 1.29 is 8.42 Å². The normalized spacial score (nSPS) is 11.5. The van der Waals surface area contributed by atoms with Crippen LogP contribution in [-0.2, 0) is 10.0 Å². The van der Waals surface area contributed by atoms with Gasteiger partial charge in [0.05, 0.1) is 17.1 Å². The van der Waals surface area contributed by atoms with E-state index < -0.39 is 10.0 Å².